The van der Waals surface area contributed by atoms with E-state index >= 15 is 0 Å². The number of nitrogens with zero attached hydrogens (tertiary/aromatic N) is 1. The van der Waals surface area contributed by atoms with E-state index in [4.69, 9.17) is 9.47 Å². The van der Waals surface area contributed by atoms with E-state index in [0.717, 1.165) is 5.56 Å². The second-order valence-corrected chi connectivity index (χ2v) is 8.17. The third kappa shape index (κ3) is 5.57. The van der Waals surface area contributed by atoms with E-state index in [1.165, 1.54) is 11.8 Å². The Balaban J connectivity index is 1.89. The van der Waals surface area contributed by atoms with Gasteiger partial charge in [0.1, 0.15) is 5.75 Å². The van der Waals surface area contributed by atoms with Crippen LogP contribution in [0.5, 0.6) is 5.75 Å². The molecule has 8 heteroatoms. The predicted molar refractivity (Wildman–Crippen MR) is 120 cm³/mol. The Bertz CT molecular complexity index is 974. The summed E-state index contributed by atoms with van der Waals surface area (Å²) < 4.78 is 10.9. The molecule has 3 rings (SSSR count). The molecule has 0 spiro atoms. The van der Waals surface area contributed by atoms with E-state index in [1.807, 2.05) is 38.1 Å². The maximum Gasteiger partial charge on any atom is 0.411 e. The van der Waals surface area contributed by atoms with Crippen LogP contribution in [-0.2, 0) is 20.9 Å². The van der Waals surface area contributed by atoms with Crippen LogP contribution in [0.2, 0.25) is 0 Å². The summed E-state index contributed by atoms with van der Waals surface area (Å²) in [6.07, 6.45) is -1.33. The molecule has 3 amide bonds. The number of benzene rings is 2. The molecule has 0 bridgehead atoms. The average Bonchev–Trinajstić information content (AvgIpc) is 3.08. The van der Waals surface area contributed by atoms with Gasteiger partial charge >= 0.3 is 6.09 Å². The van der Waals surface area contributed by atoms with Gasteiger partial charge in [-0.3, -0.25) is 14.5 Å². The van der Waals surface area contributed by atoms with E-state index < -0.39 is 18.2 Å². The molecule has 2 aromatic rings. The van der Waals surface area contributed by atoms with Gasteiger partial charge in [0.15, 0.2) is 12.1 Å². The molecule has 2 unspecified atom stereocenters. The first kappa shape index (κ1) is 23.1. The number of amides is 3. The predicted octanol–water partition coefficient (Wildman–Crippen LogP) is 3.49. The van der Waals surface area contributed by atoms with Gasteiger partial charge in [-0.25, -0.2) is 4.79 Å². The number of anilines is 1. The van der Waals surface area contributed by atoms with Gasteiger partial charge in [0.25, 0.3) is 0 Å². The van der Waals surface area contributed by atoms with Gasteiger partial charge in [-0.15, -0.1) is 0 Å². The van der Waals surface area contributed by atoms with Crippen LogP contribution in [-0.4, -0.2) is 42.5 Å². The summed E-state index contributed by atoms with van der Waals surface area (Å²) >= 11 is 0. The number of hydrogen-bond acceptors (Lipinski definition) is 5. The minimum atomic E-state index is -0.834. The second-order valence-electron chi connectivity index (χ2n) is 8.17. The summed E-state index contributed by atoms with van der Waals surface area (Å²) in [4.78, 5) is 38.7. The summed E-state index contributed by atoms with van der Waals surface area (Å²) in [6.45, 7) is 6.13. The van der Waals surface area contributed by atoms with Crippen LogP contribution in [0.4, 0.5) is 10.5 Å². The van der Waals surface area contributed by atoms with Crippen molar-refractivity contribution < 1.29 is 23.9 Å². The number of carbonyl (C=O) groups excluding carboxylic acids is 3. The molecule has 1 saturated heterocycles. The van der Waals surface area contributed by atoms with Crippen LogP contribution in [0.15, 0.2) is 48.5 Å². The van der Waals surface area contributed by atoms with Gasteiger partial charge in [-0.05, 0) is 41.3 Å². The smallest absolute Gasteiger partial charge is 0.411 e. The van der Waals surface area contributed by atoms with E-state index in [0.29, 0.717) is 23.5 Å². The molecule has 32 heavy (non-hydrogen) atoms. The number of ether oxygens (including phenoxy) is 2. The van der Waals surface area contributed by atoms with Gasteiger partial charge in [0, 0.05) is 19.2 Å². The summed E-state index contributed by atoms with van der Waals surface area (Å²) in [5.74, 6) is 0.476. The Labute approximate surface area is 187 Å². The summed E-state index contributed by atoms with van der Waals surface area (Å²) in [7, 11) is 1.58. The molecule has 1 fully saturated rings. The summed E-state index contributed by atoms with van der Waals surface area (Å²) in [5.41, 5.74) is 2.12. The number of cyclic esters (lactones) is 1. The van der Waals surface area contributed by atoms with Gasteiger partial charge < -0.3 is 20.1 Å². The van der Waals surface area contributed by atoms with Gasteiger partial charge in [-0.2, -0.15) is 0 Å². The lowest BCUT2D eigenvalue weighted by atomic mass is 10.00. The minimum absolute atomic E-state index is 0.180. The first-order valence-corrected chi connectivity index (χ1v) is 10.5. The molecule has 1 aliphatic heterocycles. The fourth-order valence-electron chi connectivity index (χ4n) is 3.55. The van der Waals surface area contributed by atoms with Crippen LogP contribution in [0.25, 0.3) is 0 Å². The fraction of sp³-hybridized carbons (Fsp3) is 0.375. The molecule has 2 N–H and O–H groups in total. The number of hydrogen-bond donors (Lipinski definition) is 2. The zero-order valence-electron chi connectivity index (χ0n) is 18.8. The summed E-state index contributed by atoms with van der Waals surface area (Å²) in [5, 5.41) is 5.63. The topological polar surface area (TPSA) is 97.0 Å². The van der Waals surface area contributed by atoms with E-state index in [9.17, 15) is 14.4 Å². The van der Waals surface area contributed by atoms with E-state index in [2.05, 4.69) is 10.6 Å². The molecule has 2 aromatic carbocycles. The lowest BCUT2D eigenvalue weighted by Gasteiger charge is -2.25. The number of methoxy groups -OCH3 is 1. The Morgan fingerprint density at radius 2 is 1.88 bits per heavy atom. The minimum Gasteiger partial charge on any atom is -0.497 e. The molecule has 0 aromatic heterocycles. The number of nitrogens with one attached hydrogen (secondary N) is 2. The van der Waals surface area contributed by atoms with Gasteiger partial charge in [0.2, 0.25) is 11.8 Å². The fourth-order valence-corrected chi connectivity index (χ4v) is 3.55. The molecule has 170 valence electrons. The second kappa shape index (κ2) is 10.2. The molecular weight excluding hydrogens is 410 g/mol. The molecule has 0 aliphatic carbocycles. The van der Waals surface area contributed by atoms with Gasteiger partial charge in [-0.1, -0.05) is 38.1 Å². The van der Waals surface area contributed by atoms with Crippen molar-refractivity contribution in [1.82, 2.24) is 10.2 Å². The van der Waals surface area contributed by atoms with Crippen molar-refractivity contribution in [2.45, 2.75) is 39.5 Å². The molecule has 8 nitrogen and oxygen atoms in total. The van der Waals surface area contributed by atoms with Crippen LogP contribution >= 0.6 is 0 Å². The van der Waals surface area contributed by atoms with Crippen molar-refractivity contribution in [3.8, 4) is 5.75 Å². The molecule has 0 radical (unpaired) electrons. The Morgan fingerprint density at radius 1 is 1.16 bits per heavy atom. The summed E-state index contributed by atoms with van der Waals surface area (Å²) in [6, 6.07) is 13.5. The third-order valence-electron chi connectivity index (χ3n) is 5.08. The van der Waals surface area contributed by atoms with Crippen LogP contribution in [0, 0.1) is 5.92 Å². The maximum absolute atomic E-state index is 13.1. The van der Waals surface area contributed by atoms with Gasteiger partial charge in [0.05, 0.1) is 13.7 Å². The van der Waals surface area contributed by atoms with Crippen LogP contribution in [0.3, 0.4) is 0 Å². The average molecular weight is 440 g/mol. The maximum atomic E-state index is 13.1. The van der Waals surface area contributed by atoms with Crippen molar-refractivity contribution >= 4 is 23.6 Å². The Hall–Kier alpha value is -3.55. The SMILES string of the molecule is COc1cccc(CN2C(=O)OC(c3ccc(NC(C)=O)cc3)C2C(=O)NCC(C)C)c1. The molecule has 0 saturated carbocycles. The zero-order valence-corrected chi connectivity index (χ0v) is 18.8. The van der Waals surface area contributed by atoms with Crippen molar-refractivity contribution in [3.63, 3.8) is 0 Å². The zero-order chi connectivity index (χ0) is 23.3. The molecular formula is C24H29N3O5. The highest BCUT2D eigenvalue weighted by Gasteiger charge is 2.46. The first-order valence-electron chi connectivity index (χ1n) is 10.5. The lowest BCUT2D eigenvalue weighted by Crippen LogP contribution is -2.47. The van der Waals surface area contributed by atoms with Crippen molar-refractivity contribution in [1.29, 1.82) is 0 Å². The van der Waals surface area contributed by atoms with E-state index in [1.54, 1.807) is 31.4 Å². The van der Waals surface area contributed by atoms with Crippen LogP contribution < -0.4 is 15.4 Å². The standard InChI is InChI=1S/C24H29N3O5/c1-15(2)13-25-23(29)21-22(18-8-10-19(11-9-18)26-16(3)28)32-24(30)27(21)14-17-6-5-7-20(12-17)31-4/h5-12,15,21-22H,13-14H2,1-4H3,(H,25,29)(H,26,28). The molecule has 1 aliphatic rings. The Morgan fingerprint density at radius 3 is 2.50 bits per heavy atom. The largest absolute Gasteiger partial charge is 0.497 e. The van der Waals surface area contributed by atoms with Crippen molar-refractivity contribution in [3.05, 3.63) is 59.7 Å². The highest BCUT2D eigenvalue weighted by Crippen LogP contribution is 2.34. The third-order valence-corrected chi connectivity index (χ3v) is 5.08. The Kier molecular flexibility index (Phi) is 7.35. The first-order chi connectivity index (χ1) is 15.3. The number of rotatable bonds is 8. The highest BCUT2D eigenvalue weighted by molar-refractivity contribution is 5.90. The highest BCUT2D eigenvalue weighted by atomic mass is 16.6. The molecule has 2 atom stereocenters. The normalized spacial score (nSPS) is 17.8. The lowest BCUT2D eigenvalue weighted by molar-refractivity contribution is -0.126. The number of carbonyl (C=O) groups is 3. The van der Waals surface area contributed by atoms with E-state index in [-0.39, 0.29) is 24.3 Å². The van der Waals surface area contributed by atoms with Crippen molar-refractivity contribution in [2.75, 3.05) is 19.0 Å². The van der Waals surface area contributed by atoms with Crippen molar-refractivity contribution in [2.24, 2.45) is 5.92 Å². The van der Waals surface area contributed by atoms with Crippen LogP contribution in [0.1, 0.15) is 38.0 Å². The molecule has 1 heterocycles. The quantitative estimate of drug-likeness (QED) is 0.656. The monoisotopic (exact) mass is 439 g/mol.